The van der Waals surface area contributed by atoms with Gasteiger partial charge in [-0.05, 0) is 37.8 Å². The van der Waals surface area contributed by atoms with Gasteiger partial charge in [-0.2, -0.15) is 0 Å². The number of nitrogens with zero attached hydrogens (tertiary/aromatic N) is 3. The van der Waals surface area contributed by atoms with Crippen LogP contribution in [0.2, 0.25) is 0 Å². The first-order valence-electron chi connectivity index (χ1n) is 10.7. The van der Waals surface area contributed by atoms with Crippen LogP contribution in [0.25, 0.3) is 0 Å². The van der Waals surface area contributed by atoms with Gasteiger partial charge in [0, 0.05) is 37.2 Å². The molecule has 164 valence electrons. The Labute approximate surface area is 178 Å². The van der Waals surface area contributed by atoms with Gasteiger partial charge in [-0.3, -0.25) is 14.6 Å². The lowest BCUT2D eigenvalue weighted by atomic mass is 9.76. The normalized spacial score (nSPS) is 20.2. The van der Waals surface area contributed by atoms with Crippen molar-refractivity contribution in [2.24, 2.45) is 0 Å². The van der Waals surface area contributed by atoms with Crippen LogP contribution in [0.4, 0.5) is 14.7 Å². The molecule has 3 heterocycles. The number of anilines is 1. The Hall–Kier alpha value is -2.81. The van der Waals surface area contributed by atoms with Crippen LogP contribution >= 0.6 is 0 Å². The Morgan fingerprint density at radius 3 is 2.58 bits per heavy atom. The van der Waals surface area contributed by atoms with E-state index in [-0.39, 0.29) is 16.5 Å². The molecule has 1 N–H and O–H groups in total. The number of morpholine rings is 1. The summed E-state index contributed by atoms with van der Waals surface area (Å²) in [4.78, 5) is 36.9. The van der Waals surface area contributed by atoms with Crippen LogP contribution in [0.1, 0.15) is 40.9 Å². The van der Waals surface area contributed by atoms with E-state index in [4.69, 9.17) is 9.72 Å². The molecule has 5 rings (SSSR count). The molecule has 1 spiro atoms. The number of carbonyl (C=O) groups excluding carboxylic acids is 1. The van der Waals surface area contributed by atoms with Gasteiger partial charge in [0.15, 0.2) is 11.6 Å². The van der Waals surface area contributed by atoms with Crippen molar-refractivity contribution >= 4 is 11.9 Å². The summed E-state index contributed by atoms with van der Waals surface area (Å²) in [6.45, 7) is 3.37. The second kappa shape index (κ2) is 7.71. The van der Waals surface area contributed by atoms with Crippen LogP contribution < -0.4 is 10.5 Å². The number of benzene rings is 1. The van der Waals surface area contributed by atoms with Gasteiger partial charge >= 0.3 is 0 Å². The number of nitrogens with one attached hydrogen (secondary N) is 1. The Morgan fingerprint density at radius 2 is 1.84 bits per heavy atom. The molecule has 7 nitrogen and oxygen atoms in total. The number of hydrogen-bond acceptors (Lipinski definition) is 5. The SMILES string of the molecule is O=C(c1cccc(F)c1F)N1CCC2(CCc3c2nc(N2CCOCC2)[nH]c3=O)CC1. The predicted octanol–water partition coefficient (Wildman–Crippen LogP) is 2.00. The molecule has 1 amide bonds. The number of ether oxygens (including phenoxy) is 1. The lowest BCUT2D eigenvalue weighted by Gasteiger charge is -2.39. The third-order valence-electron chi connectivity index (χ3n) is 6.86. The molecule has 2 aliphatic heterocycles. The van der Waals surface area contributed by atoms with E-state index in [9.17, 15) is 18.4 Å². The smallest absolute Gasteiger partial charge is 0.256 e. The fourth-order valence-electron chi connectivity index (χ4n) is 5.03. The van der Waals surface area contributed by atoms with Crippen molar-refractivity contribution in [1.82, 2.24) is 14.9 Å². The third kappa shape index (κ3) is 3.40. The van der Waals surface area contributed by atoms with Crippen LogP contribution in [0.5, 0.6) is 0 Å². The first kappa shape index (κ1) is 20.1. The maximum atomic E-state index is 14.1. The number of aromatic nitrogens is 2. The number of carbonyl (C=O) groups is 1. The number of amides is 1. The summed E-state index contributed by atoms with van der Waals surface area (Å²) >= 11 is 0. The molecule has 2 aromatic rings. The number of fused-ring (bicyclic) bond motifs is 2. The fraction of sp³-hybridized carbons (Fsp3) is 0.500. The van der Waals surface area contributed by atoms with Crippen molar-refractivity contribution in [1.29, 1.82) is 0 Å². The first-order valence-corrected chi connectivity index (χ1v) is 10.7. The van der Waals surface area contributed by atoms with Gasteiger partial charge in [-0.1, -0.05) is 6.07 Å². The minimum absolute atomic E-state index is 0.0938. The number of piperidine rings is 1. The summed E-state index contributed by atoms with van der Waals surface area (Å²) in [6.07, 6.45) is 2.75. The average molecular weight is 430 g/mol. The maximum absolute atomic E-state index is 14.1. The number of hydrogen-bond donors (Lipinski definition) is 1. The quantitative estimate of drug-likeness (QED) is 0.789. The molecular formula is C22H24F2N4O3. The summed E-state index contributed by atoms with van der Waals surface area (Å²) in [7, 11) is 0. The van der Waals surface area contributed by atoms with Crippen molar-refractivity contribution in [3.63, 3.8) is 0 Å². The molecule has 31 heavy (non-hydrogen) atoms. The second-order valence-electron chi connectivity index (χ2n) is 8.49. The molecule has 0 atom stereocenters. The van der Waals surface area contributed by atoms with E-state index in [1.807, 2.05) is 4.90 Å². The van der Waals surface area contributed by atoms with E-state index < -0.39 is 17.5 Å². The van der Waals surface area contributed by atoms with Crippen LogP contribution in [0.3, 0.4) is 0 Å². The topological polar surface area (TPSA) is 78.5 Å². The molecule has 1 aromatic heterocycles. The monoisotopic (exact) mass is 430 g/mol. The van der Waals surface area contributed by atoms with Crippen LogP contribution in [0.15, 0.2) is 23.0 Å². The van der Waals surface area contributed by atoms with Gasteiger partial charge in [-0.15, -0.1) is 0 Å². The lowest BCUT2D eigenvalue weighted by Crippen LogP contribution is -2.45. The average Bonchev–Trinajstić information content (AvgIpc) is 3.15. The van der Waals surface area contributed by atoms with Crippen molar-refractivity contribution in [3.05, 3.63) is 57.0 Å². The molecule has 2 saturated heterocycles. The zero-order valence-corrected chi connectivity index (χ0v) is 17.1. The third-order valence-corrected chi connectivity index (χ3v) is 6.86. The molecule has 9 heteroatoms. The Kier molecular flexibility index (Phi) is 5.00. The summed E-state index contributed by atoms with van der Waals surface area (Å²) in [6, 6.07) is 3.65. The number of halogens is 2. The van der Waals surface area contributed by atoms with Gasteiger partial charge < -0.3 is 14.5 Å². The van der Waals surface area contributed by atoms with Gasteiger partial charge in [-0.25, -0.2) is 13.8 Å². The highest BCUT2D eigenvalue weighted by Gasteiger charge is 2.45. The zero-order valence-electron chi connectivity index (χ0n) is 17.1. The molecular weight excluding hydrogens is 406 g/mol. The fourth-order valence-corrected chi connectivity index (χ4v) is 5.03. The molecule has 1 aliphatic carbocycles. The van der Waals surface area contributed by atoms with E-state index in [0.717, 1.165) is 23.7 Å². The van der Waals surface area contributed by atoms with E-state index in [2.05, 4.69) is 4.98 Å². The summed E-state index contributed by atoms with van der Waals surface area (Å²) in [5.74, 6) is -2.06. The van der Waals surface area contributed by atoms with Gasteiger partial charge in [0.25, 0.3) is 11.5 Å². The van der Waals surface area contributed by atoms with E-state index >= 15 is 0 Å². The minimum Gasteiger partial charge on any atom is -0.378 e. The second-order valence-corrected chi connectivity index (χ2v) is 8.49. The van der Waals surface area contributed by atoms with E-state index in [0.29, 0.717) is 64.6 Å². The van der Waals surface area contributed by atoms with Crippen molar-refractivity contribution in [2.75, 3.05) is 44.3 Å². The number of aromatic amines is 1. The van der Waals surface area contributed by atoms with E-state index in [1.54, 1.807) is 4.90 Å². The number of rotatable bonds is 2. The van der Waals surface area contributed by atoms with Crippen molar-refractivity contribution < 1.29 is 18.3 Å². The largest absolute Gasteiger partial charge is 0.378 e. The minimum atomic E-state index is -1.11. The Bertz CT molecular complexity index is 1070. The molecule has 3 aliphatic rings. The molecule has 0 saturated carbocycles. The molecule has 0 bridgehead atoms. The highest BCUT2D eigenvalue weighted by Crippen LogP contribution is 2.44. The standard InChI is InChI=1S/C22H24F2N4O3/c23-16-3-1-2-14(17(16)24)20(30)27-8-6-22(7-9-27)5-4-15-18(22)25-21(26-19(15)29)28-10-12-31-13-11-28/h1-3H,4-13H2,(H,25,26,29). The molecule has 0 radical (unpaired) electrons. The van der Waals surface area contributed by atoms with Crippen LogP contribution in [0, 0.1) is 11.6 Å². The predicted molar refractivity (Wildman–Crippen MR) is 109 cm³/mol. The molecule has 2 fully saturated rings. The Balaban J connectivity index is 1.38. The maximum Gasteiger partial charge on any atom is 0.256 e. The van der Waals surface area contributed by atoms with Crippen molar-refractivity contribution in [2.45, 2.75) is 31.1 Å². The van der Waals surface area contributed by atoms with E-state index in [1.165, 1.54) is 12.1 Å². The van der Waals surface area contributed by atoms with Gasteiger partial charge in [0.2, 0.25) is 5.95 Å². The van der Waals surface area contributed by atoms with Crippen LogP contribution in [-0.4, -0.2) is 60.2 Å². The highest BCUT2D eigenvalue weighted by molar-refractivity contribution is 5.94. The van der Waals surface area contributed by atoms with Gasteiger partial charge in [0.1, 0.15) is 0 Å². The van der Waals surface area contributed by atoms with Crippen molar-refractivity contribution in [3.8, 4) is 0 Å². The summed E-state index contributed by atoms with van der Waals surface area (Å²) in [5.41, 5.74) is 0.965. The molecule has 1 aromatic carbocycles. The number of H-pyrrole nitrogens is 1. The summed E-state index contributed by atoms with van der Waals surface area (Å²) < 4.78 is 33.0. The molecule has 0 unspecified atom stereocenters. The zero-order chi connectivity index (χ0) is 21.6. The lowest BCUT2D eigenvalue weighted by molar-refractivity contribution is 0.0657. The summed E-state index contributed by atoms with van der Waals surface area (Å²) in [5, 5.41) is 0. The van der Waals surface area contributed by atoms with Gasteiger partial charge in [0.05, 0.1) is 24.5 Å². The highest BCUT2D eigenvalue weighted by atomic mass is 19.2. The number of likely N-dealkylation sites (tertiary alicyclic amines) is 1. The Morgan fingerprint density at radius 1 is 1.10 bits per heavy atom. The first-order chi connectivity index (χ1) is 15.0. The van der Waals surface area contributed by atoms with Crippen LogP contribution in [-0.2, 0) is 16.6 Å².